The van der Waals surface area contributed by atoms with Gasteiger partial charge >= 0.3 is 0 Å². The third-order valence-corrected chi connectivity index (χ3v) is 7.54. The number of allylic oxidation sites excluding steroid dienone is 3. The largest absolute Gasteiger partial charge is 0.444 e. The lowest BCUT2D eigenvalue weighted by Crippen LogP contribution is -2.72. The van der Waals surface area contributed by atoms with E-state index in [1.54, 1.807) is 12.1 Å². The van der Waals surface area contributed by atoms with E-state index in [0.717, 1.165) is 56.1 Å². The molecule has 2 aliphatic carbocycles. The van der Waals surface area contributed by atoms with Crippen molar-refractivity contribution >= 4 is 23.0 Å². The average Bonchev–Trinajstić information content (AvgIpc) is 2.89. The molecular weight excluding hydrogens is 452 g/mol. The number of ether oxygens (including phenoxy) is 1. The zero-order valence-electron chi connectivity index (χ0n) is 20.8. The van der Waals surface area contributed by atoms with Gasteiger partial charge in [0, 0.05) is 67.3 Å². The highest BCUT2D eigenvalue weighted by atomic mass is 16.5. The Bertz CT molecular complexity index is 1350. The molecule has 1 fully saturated rings. The Balaban J connectivity index is 1.33. The fraction of sp³-hybridized carbons (Fsp3) is 0.345. The number of hydrogen-bond donors (Lipinski definition) is 2. The second-order valence-corrected chi connectivity index (χ2v) is 10.1. The maximum atomic E-state index is 13.8. The number of carbonyl (C=O) groups is 2. The number of fused-ring (bicyclic) bond motifs is 5. The van der Waals surface area contributed by atoms with E-state index >= 15 is 0 Å². The topological polar surface area (TPSA) is 75.9 Å². The quantitative estimate of drug-likeness (QED) is 0.630. The third kappa shape index (κ3) is 3.98. The molecule has 0 bridgehead atoms. The minimum atomic E-state index is -0.720. The summed E-state index contributed by atoms with van der Waals surface area (Å²) in [7, 11) is 2.16. The van der Waals surface area contributed by atoms with Crippen LogP contribution in [0.2, 0.25) is 0 Å². The van der Waals surface area contributed by atoms with Crippen LogP contribution >= 0.6 is 0 Å². The van der Waals surface area contributed by atoms with Crippen molar-refractivity contribution in [3.05, 3.63) is 82.3 Å². The molecule has 2 aromatic rings. The molecule has 4 aliphatic rings. The van der Waals surface area contributed by atoms with Crippen LogP contribution in [0.4, 0.5) is 5.69 Å². The number of hydrogen-bond acceptors (Lipinski definition) is 6. The van der Waals surface area contributed by atoms with E-state index in [9.17, 15) is 9.59 Å². The van der Waals surface area contributed by atoms with Crippen LogP contribution in [0, 0.1) is 12.8 Å². The van der Waals surface area contributed by atoms with Gasteiger partial charge in [-0.3, -0.25) is 9.59 Å². The Kier molecular flexibility index (Phi) is 5.82. The standard InChI is InChI=1S/C29H30N4O3/c1-18-8-9-21-23(16-18)36-24-17-22(30-10-5-11-33-14-12-32(2)13-15-33)25-26(27(24)31-21)29(35)20-7-4-3-6-19(20)28(25)34/h3-4,6-9,16-17,26,30H,5,10-15H2,1-2H3/p+1. The molecule has 1 saturated heterocycles. The van der Waals surface area contributed by atoms with Crippen molar-refractivity contribution in [1.29, 1.82) is 0 Å². The summed E-state index contributed by atoms with van der Waals surface area (Å²) >= 11 is 0. The molecule has 2 aliphatic heterocycles. The van der Waals surface area contributed by atoms with Crippen LogP contribution in [-0.4, -0.2) is 73.4 Å². The van der Waals surface area contributed by atoms with Crippen molar-refractivity contribution in [3.8, 4) is 5.75 Å². The predicted octanol–water partition coefficient (Wildman–Crippen LogP) is 1.61. The van der Waals surface area contributed by atoms with Crippen LogP contribution in [0.3, 0.4) is 0 Å². The average molecular weight is 484 g/mol. The van der Waals surface area contributed by atoms with E-state index < -0.39 is 5.92 Å². The molecular formula is C29H31N4O3+. The first kappa shape index (κ1) is 22.9. The van der Waals surface area contributed by atoms with E-state index in [2.05, 4.69) is 27.2 Å². The van der Waals surface area contributed by atoms with Gasteiger partial charge in [0.15, 0.2) is 23.1 Å². The molecule has 0 radical (unpaired) electrons. The SMILES string of the molecule is Cc1ccc2c(c1)OC1=CC(NCCCN3CCN(C)CC3)=C3C(=O)c4ccccc4C(=O)C3C1=[NH+]2. The number of aryl methyl sites for hydroxylation is 1. The van der Waals surface area contributed by atoms with Gasteiger partial charge in [-0.1, -0.05) is 30.3 Å². The van der Waals surface area contributed by atoms with E-state index in [1.165, 1.54) is 0 Å². The highest BCUT2D eigenvalue weighted by molar-refractivity contribution is 6.32. The zero-order valence-corrected chi connectivity index (χ0v) is 20.8. The van der Waals surface area contributed by atoms with Crippen LogP contribution in [0.15, 0.2) is 65.6 Å². The Morgan fingerprint density at radius 1 is 1.06 bits per heavy atom. The van der Waals surface area contributed by atoms with Gasteiger partial charge in [-0.05, 0) is 38.6 Å². The second kappa shape index (κ2) is 9.15. The van der Waals surface area contributed by atoms with Gasteiger partial charge in [-0.15, -0.1) is 0 Å². The molecule has 1 atom stereocenters. The molecule has 2 aromatic carbocycles. The number of Topliss-reactive ketones (excluding diaryl/α,β-unsaturated/α-hetero) is 2. The van der Waals surface area contributed by atoms with Crippen LogP contribution in [0.25, 0.3) is 0 Å². The number of nitrogens with one attached hydrogen (secondary N) is 2. The molecule has 2 N–H and O–H groups in total. The van der Waals surface area contributed by atoms with Crippen molar-refractivity contribution < 1.29 is 19.3 Å². The van der Waals surface area contributed by atoms with Gasteiger partial charge in [-0.2, -0.15) is 0 Å². The molecule has 184 valence electrons. The number of nitrogens with zero attached hydrogens (tertiary/aromatic N) is 2. The predicted molar refractivity (Wildman–Crippen MR) is 138 cm³/mol. The van der Waals surface area contributed by atoms with Gasteiger partial charge in [0.25, 0.3) is 0 Å². The molecule has 36 heavy (non-hydrogen) atoms. The van der Waals surface area contributed by atoms with Gasteiger partial charge in [0.2, 0.25) is 11.4 Å². The molecule has 0 aromatic heterocycles. The lowest BCUT2D eigenvalue weighted by Gasteiger charge is -2.33. The maximum Gasteiger partial charge on any atom is 0.246 e. The number of likely N-dealkylation sites (N-methyl/N-ethyl adjacent to an activating group) is 1. The lowest BCUT2D eigenvalue weighted by atomic mass is 9.72. The number of benzene rings is 2. The highest BCUT2D eigenvalue weighted by Gasteiger charge is 2.49. The summed E-state index contributed by atoms with van der Waals surface area (Å²) in [6.07, 6.45) is 2.83. The minimum absolute atomic E-state index is 0.0794. The molecule has 0 saturated carbocycles. The first-order valence-electron chi connectivity index (χ1n) is 12.7. The van der Waals surface area contributed by atoms with Crippen LogP contribution in [0.1, 0.15) is 32.7 Å². The first-order chi connectivity index (χ1) is 17.5. The Morgan fingerprint density at radius 2 is 1.83 bits per heavy atom. The second-order valence-electron chi connectivity index (χ2n) is 10.1. The molecule has 7 nitrogen and oxygen atoms in total. The highest BCUT2D eigenvalue weighted by Crippen LogP contribution is 2.38. The number of ketones is 2. The van der Waals surface area contributed by atoms with Crippen molar-refractivity contribution in [2.24, 2.45) is 5.92 Å². The van der Waals surface area contributed by atoms with Crippen LogP contribution < -0.4 is 15.0 Å². The van der Waals surface area contributed by atoms with Gasteiger partial charge < -0.3 is 19.9 Å². The normalized spacial score (nSPS) is 21.6. The molecule has 0 spiro atoms. The fourth-order valence-electron chi connectivity index (χ4n) is 5.48. The number of carbonyl (C=O) groups excluding carboxylic acids is 2. The monoisotopic (exact) mass is 483 g/mol. The molecule has 2 heterocycles. The van der Waals surface area contributed by atoms with Gasteiger partial charge in [-0.25, -0.2) is 4.99 Å². The summed E-state index contributed by atoms with van der Waals surface area (Å²) in [4.78, 5) is 35.7. The minimum Gasteiger partial charge on any atom is -0.444 e. The zero-order chi connectivity index (χ0) is 24.8. The molecule has 7 heteroatoms. The first-order valence-corrected chi connectivity index (χ1v) is 12.7. The van der Waals surface area contributed by atoms with Crippen molar-refractivity contribution in [2.45, 2.75) is 13.3 Å². The Hall–Kier alpha value is -3.55. The fourth-order valence-corrected chi connectivity index (χ4v) is 5.48. The summed E-state index contributed by atoms with van der Waals surface area (Å²) in [6.45, 7) is 8.08. The summed E-state index contributed by atoms with van der Waals surface area (Å²) in [5, 5.41) is 3.49. The van der Waals surface area contributed by atoms with E-state index in [1.807, 2.05) is 43.3 Å². The molecule has 1 unspecified atom stereocenters. The Labute approximate surface area is 211 Å². The van der Waals surface area contributed by atoms with Gasteiger partial charge in [0.05, 0.1) is 0 Å². The van der Waals surface area contributed by atoms with Gasteiger partial charge in [0.1, 0.15) is 5.92 Å². The summed E-state index contributed by atoms with van der Waals surface area (Å²) in [5.41, 5.74) is 4.65. The third-order valence-electron chi connectivity index (χ3n) is 7.54. The summed E-state index contributed by atoms with van der Waals surface area (Å²) in [6, 6.07) is 13.0. The van der Waals surface area contributed by atoms with Crippen molar-refractivity contribution in [1.82, 2.24) is 15.1 Å². The van der Waals surface area contributed by atoms with E-state index in [4.69, 9.17) is 4.74 Å². The van der Waals surface area contributed by atoms with Crippen LogP contribution in [0.5, 0.6) is 5.75 Å². The molecule has 0 amide bonds. The van der Waals surface area contributed by atoms with Crippen LogP contribution in [-0.2, 0) is 0 Å². The van der Waals surface area contributed by atoms with E-state index in [0.29, 0.717) is 40.4 Å². The number of rotatable bonds is 5. The number of piperazine rings is 1. The van der Waals surface area contributed by atoms with Crippen molar-refractivity contribution in [3.63, 3.8) is 0 Å². The summed E-state index contributed by atoms with van der Waals surface area (Å²) in [5.74, 6) is 0.407. The Morgan fingerprint density at radius 3 is 2.64 bits per heavy atom. The maximum absolute atomic E-state index is 13.8. The van der Waals surface area contributed by atoms with E-state index in [-0.39, 0.29) is 11.6 Å². The smallest absolute Gasteiger partial charge is 0.246 e. The van der Waals surface area contributed by atoms with Crippen molar-refractivity contribution in [2.75, 3.05) is 46.3 Å². The lowest BCUT2D eigenvalue weighted by molar-refractivity contribution is -0.361. The molecule has 6 rings (SSSR count). The summed E-state index contributed by atoms with van der Waals surface area (Å²) < 4.78 is 6.29.